The van der Waals surface area contributed by atoms with Crippen LogP contribution in [0.4, 0.5) is 0 Å². The fourth-order valence-electron chi connectivity index (χ4n) is 4.20. The zero-order valence-corrected chi connectivity index (χ0v) is 20.8. The van der Waals surface area contributed by atoms with Gasteiger partial charge in [0.25, 0.3) is 5.91 Å². The Balaban J connectivity index is 1.36. The van der Waals surface area contributed by atoms with Gasteiger partial charge in [-0.2, -0.15) is 0 Å². The number of hydrogen-bond acceptors (Lipinski definition) is 6. The monoisotopic (exact) mass is 476 g/mol. The Kier molecular flexibility index (Phi) is 9.06. The van der Waals surface area contributed by atoms with Gasteiger partial charge in [-0.1, -0.05) is 68.4 Å². The van der Waals surface area contributed by atoms with Crippen LogP contribution in [-0.2, 0) is 24.4 Å². The third-order valence-corrected chi connectivity index (χ3v) is 6.26. The van der Waals surface area contributed by atoms with Crippen LogP contribution < -0.4 is 5.32 Å². The lowest BCUT2D eigenvalue weighted by molar-refractivity contribution is 0.0383. The van der Waals surface area contributed by atoms with Crippen molar-refractivity contribution in [2.24, 2.45) is 0 Å². The molecule has 0 spiro atoms. The first-order chi connectivity index (χ1) is 17.1. The van der Waals surface area contributed by atoms with Crippen molar-refractivity contribution in [3.8, 4) is 0 Å². The second-order valence-corrected chi connectivity index (χ2v) is 9.36. The Hall–Kier alpha value is -3.00. The maximum Gasteiger partial charge on any atom is 0.273 e. The number of nitrogens with zero attached hydrogens (tertiary/aromatic N) is 3. The molecule has 0 aliphatic carbocycles. The van der Waals surface area contributed by atoms with Gasteiger partial charge in [-0.3, -0.25) is 14.6 Å². The quantitative estimate of drug-likeness (QED) is 0.450. The maximum absolute atomic E-state index is 12.6. The number of ether oxygens (including phenoxy) is 1. The van der Waals surface area contributed by atoms with Gasteiger partial charge in [0, 0.05) is 39.3 Å². The summed E-state index contributed by atoms with van der Waals surface area (Å²) in [6.45, 7) is 11.1. The van der Waals surface area contributed by atoms with E-state index in [9.17, 15) is 4.79 Å². The number of hydrogen-bond donors (Lipinski definition) is 1. The van der Waals surface area contributed by atoms with Crippen LogP contribution in [0, 0.1) is 0 Å². The van der Waals surface area contributed by atoms with E-state index in [4.69, 9.17) is 9.15 Å². The molecule has 7 nitrogen and oxygen atoms in total. The topological polar surface area (TPSA) is 70.8 Å². The number of nitrogens with one attached hydrogen (secondary N) is 1. The van der Waals surface area contributed by atoms with Crippen molar-refractivity contribution in [3.63, 3.8) is 0 Å². The number of morpholine rings is 1. The fourth-order valence-corrected chi connectivity index (χ4v) is 4.20. The molecule has 35 heavy (non-hydrogen) atoms. The van der Waals surface area contributed by atoms with Crippen molar-refractivity contribution in [1.29, 1.82) is 0 Å². The summed E-state index contributed by atoms with van der Waals surface area (Å²) < 4.78 is 11.1. The summed E-state index contributed by atoms with van der Waals surface area (Å²) >= 11 is 0. The molecular formula is C28H36N4O3. The van der Waals surface area contributed by atoms with Crippen molar-refractivity contribution in [3.05, 3.63) is 89.1 Å². The van der Waals surface area contributed by atoms with Crippen molar-refractivity contribution >= 4 is 5.91 Å². The molecule has 0 bridgehead atoms. The summed E-state index contributed by atoms with van der Waals surface area (Å²) in [5, 5.41) is 2.95. The van der Waals surface area contributed by atoms with Gasteiger partial charge < -0.3 is 14.5 Å². The van der Waals surface area contributed by atoms with E-state index in [1.807, 2.05) is 6.07 Å². The maximum atomic E-state index is 12.6. The third-order valence-electron chi connectivity index (χ3n) is 6.26. The highest BCUT2D eigenvalue weighted by atomic mass is 16.5. The SMILES string of the molecule is CC(C)c1ccc(CN(Cc2ccccc2)Cc2nc(C(=O)NCCN3CCOCC3)co2)cc1. The van der Waals surface area contributed by atoms with Crippen molar-refractivity contribution in [2.45, 2.75) is 39.4 Å². The van der Waals surface area contributed by atoms with Crippen LogP contribution in [0.1, 0.15) is 52.8 Å². The Morgan fingerprint density at radius 2 is 1.69 bits per heavy atom. The van der Waals surface area contributed by atoms with Crippen molar-refractivity contribution in [2.75, 3.05) is 39.4 Å². The van der Waals surface area contributed by atoms with E-state index in [2.05, 4.69) is 82.5 Å². The number of aromatic nitrogens is 1. The smallest absolute Gasteiger partial charge is 0.273 e. The minimum absolute atomic E-state index is 0.202. The lowest BCUT2D eigenvalue weighted by Crippen LogP contribution is -2.41. The molecule has 7 heteroatoms. The zero-order chi connectivity index (χ0) is 24.5. The summed E-state index contributed by atoms with van der Waals surface area (Å²) in [4.78, 5) is 21.6. The molecule has 0 saturated carbocycles. The van der Waals surface area contributed by atoms with Crippen LogP contribution in [0.15, 0.2) is 65.3 Å². The summed E-state index contributed by atoms with van der Waals surface area (Å²) in [6, 6.07) is 19.2. The largest absolute Gasteiger partial charge is 0.447 e. The van der Waals surface area contributed by atoms with Crippen molar-refractivity contribution < 1.29 is 13.9 Å². The number of rotatable bonds is 11. The molecule has 1 aromatic heterocycles. The summed E-state index contributed by atoms with van der Waals surface area (Å²) in [6.07, 6.45) is 1.46. The Morgan fingerprint density at radius 3 is 2.37 bits per heavy atom. The second kappa shape index (κ2) is 12.6. The van der Waals surface area contributed by atoms with Gasteiger partial charge in [-0.25, -0.2) is 4.98 Å². The van der Waals surface area contributed by atoms with Crippen LogP contribution >= 0.6 is 0 Å². The molecule has 1 N–H and O–H groups in total. The second-order valence-electron chi connectivity index (χ2n) is 9.36. The number of benzene rings is 2. The fraction of sp³-hybridized carbons (Fsp3) is 0.429. The molecule has 3 aromatic rings. The standard InChI is InChI=1S/C28H36N4O3/c1-22(2)25-10-8-24(9-11-25)19-32(18-23-6-4-3-5-7-23)20-27-30-26(21-35-27)28(33)29-12-13-31-14-16-34-17-15-31/h3-11,21-22H,12-20H2,1-2H3,(H,29,33). The van der Waals surface area contributed by atoms with E-state index in [0.29, 0.717) is 30.6 Å². The molecule has 0 unspecified atom stereocenters. The Bertz CT molecular complexity index is 1040. The number of carbonyl (C=O) groups is 1. The Morgan fingerprint density at radius 1 is 1.00 bits per heavy atom. The van der Waals surface area contributed by atoms with Crippen LogP contribution in [0.3, 0.4) is 0 Å². The summed E-state index contributed by atoms with van der Waals surface area (Å²) in [5.74, 6) is 0.848. The first kappa shape index (κ1) is 25.1. The lowest BCUT2D eigenvalue weighted by Gasteiger charge is -2.26. The highest BCUT2D eigenvalue weighted by Gasteiger charge is 2.17. The van der Waals surface area contributed by atoms with Crippen LogP contribution in [0.25, 0.3) is 0 Å². The minimum atomic E-state index is -0.202. The molecule has 2 heterocycles. The minimum Gasteiger partial charge on any atom is -0.447 e. The van der Waals surface area contributed by atoms with E-state index in [0.717, 1.165) is 45.9 Å². The molecule has 1 aliphatic rings. The van der Waals surface area contributed by atoms with E-state index in [-0.39, 0.29) is 5.91 Å². The molecule has 1 aliphatic heterocycles. The van der Waals surface area contributed by atoms with Crippen LogP contribution in [-0.4, -0.2) is 60.1 Å². The van der Waals surface area contributed by atoms with Crippen LogP contribution in [0.2, 0.25) is 0 Å². The van der Waals surface area contributed by atoms with Gasteiger partial charge in [-0.15, -0.1) is 0 Å². The normalized spacial score (nSPS) is 14.5. The first-order valence-electron chi connectivity index (χ1n) is 12.4. The van der Waals surface area contributed by atoms with Gasteiger partial charge in [0.15, 0.2) is 5.69 Å². The average molecular weight is 477 g/mol. The predicted molar refractivity (Wildman–Crippen MR) is 136 cm³/mol. The van der Waals surface area contributed by atoms with E-state index in [1.165, 1.54) is 23.0 Å². The molecule has 1 amide bonds. The third kappa shape index (κ3) is 7.75. The molecule has 4 rings (SSSR count). The molecule has 1 saturated heterocycles. The molecule has 0 atom stereocenters. The Labute approximate surface area is 208 Å². The highest BCUT2D eigenvalue weighted by Crippen LogP contribution is 2.18. The van der Waals surface area contributed by atoms with E-state index < -0.39 is 0 Å². The zero-order valence-electron chi connectivity index (χ0n) is 20.8. The van der Waals surface area contributed by atoms with Gasteiger partial charge in [0.05, 0.1) is 19.8 Å². The highest BCUT2D eigenvalue weighted by molar-refractivity contribution is 5.91. The molecule has 2 aromatic carbocycles. The predicted octanol–water partition coefficient (Wildman–Crippen LogP) is 4.06. The van der Waals surface area contributed by atoms with Gasteiger partial charge in [0.1, 0.15) is 6.26 Å². The van der Waals surface area contributed by atoms with E-state index >= 15 is 0 Å². The number of oxazole rings is 1. The van der Waals surface area contributed by atoms with Crippen molar-refractivity contribution in [1.82, 2.24) is 20.1 Å². The summed E-state index contributed by atoms with van der Waals surface area (Å²) in [7, 11) is 0. The summed E-state index contributed by atoms with van der Waals surface area (Å²) in [5.41, 5.74) is 4.11. The lowest BCUT2D eigenvalue weighted by atomic mass is 10.0. The van der Waals surface area contributed by atoms with Gasteiger partial charge in [0.2, 0.25) is 5.89 Å². The molecular weight excluding hydrogens is 440 g/mol. The van der Waals surface area contributed by atoms with E-state index in [1.54, 1.807) is 0 Å². The first-order valence-corrected chi connectivity index (χ1v) is 12.4. The molecule has 0 radical (unpaired) electrons. The molecule has 186 valence electrons. The molecule has 1 fully saturated rings. The number of carbonyl (C=O) groups excluding carboxylic acids is 1. The van der Waals surface area contributed by atoms with Gasteiger partial charge in [-0.05, 0) is 22.6 Å². The van der Waals surface area contributed by atoms with Gasteiger partial charge >= 0.3 is 0 Å². The average Bonchev–Trinajstić information content (AvgIpc) is 3.34. The van der Waals surface area contributed by atoms with Crippen LogP contribution in [0.5, 0.6) is 0 Å². The number of amides is 1.